The lowest BCUT2D eigenvalue weighted by Crippen LogP contribution is -2.39. The van der Waals surface area contributed by atoms with Gasteiger partial charge < -0.3 is 0 Å². The summed E-state index contributed by atoms with van der Waals surface area (Å²) in [6, 6.07) is 19.8. The van der Waals surface area contributed by atoms with Gasteiger partial charge in [0, 0.05) is 13.6 Å². The van der Waals surface area contributed by atoms with Crippen molar-refractivity contribution >= 4 is 73.1 Å². The topological polar surface area (TPSA) is 78.8 Å². The van der Waals surface area contributed by atoms with Gasteiger partial charge in [-0.15, -0.1) is 0 Å². The average molecular weight is 602 g/mol. The van der Waals surface area contributed by atoms with Gasteiger partial charge in [0.25, 0.3) is 15.9 Å². The summed E-state index contributed by atoms with van der Waals surface area (Å²) >= 11 is 14.4. The van der Waals surface area contributed by atoms with Crippen molar-refractivity contribution in [2.45, 2.75) is 11.8 Å². The lowest BCUT2D eigenvalue weighted by Gasteiger charge is -2.24. The van der Waals surface area contributed by atoms with E-state index in [0.717, 1.165) is 13.4 Å². The number of amides is 1. The third kappa shape index (κ3) is 6.22. The van der Waals surface area contributed by atoms with Gasteiger partial charge in [-0.25, -0.2) is 13.8 Å². The van der Waals surface area contributed by atoms with E-state index < -0.39 is 22.5 Å². The molecule has 32 heavy (non-hydrogen) atoms. The summed E-state index contributed by atoms with van der Waals surface area (Å²) in [5, 5.41) is 4.59. The molecule has 3 aromatic rings. The zero-order chi connectivity index (χ0) is 23.3. The van der Waals surface area contributed by atoms with Crippen molar-refractivity contribution in [1.29, 1.82) is 0 Å². The van der Waals surface area contributed by atoms with E-state index >= 15 is 0 Å². The summed E-state index contributed by atoms with van der Waals surface area (Å²) in [6.07, 6.45) is 0. The molecule has 0 aromatic heterocycles. The Kier molecular flexibility index (Phi) is 8.16. The maximum absolute atomic E-state index is 13.3. The van der Waals surface area contributed by atoms with E-state index in [2.05, 4.69) is 33.1 Å². The van der Waals surface area contributed by atoms with Crippen LogP contribution in [0.1, 0.15) is 12.5 Å². The van der Waals surface area contributed by atoms with Crippen LogP contribution in [-0.4, -0.2) is 26.6 Å². The monoisotopic (exact) mass is 601 g/mol. The lowest BCUT2D eigenvalue weighted by molar-refractivity contribution is -0.119. The molecule has 0 heterocycles. The van der Waals surface area contributed by atoms with E-state index in [1.807, 2.05) is 24.3 Å². The van der Waals surface area contributed by atoms with Crippen molar-refractivity contribution in [2.24, 2.45) is 5.10 Å². The highest BCUT2D eigenvalue weighted by Crippen LogP contribution is 2.29. The molecule has 3 rings (SSSR count). The van der Waals surface area contributed by atoms with E-state index in [1.54, 1.807) is 25.1 Å². The largest absolute Gasteiger partial charge is 0.271 e. The molecule has 1 amide bonds. The smallest absolute Gasteiger partial charge is 0.264 e. The van der Waals surface area contributed by atoms with Crippen LogP contribution >= 0.6 is 45.8 Å². The first-order valence-electron chi connectivity index (χ1n) is 9.30. The van der Waals surface area contributed by atoms with Crippen molar-refractivity contribution in [3.63, 3.8) is 0 Å². The van der Waals surface area contributed by atoms with Crippen molar-refractivity contribution in [3.05, 3.63) is 92.0 Å². The zero-order valence-corrected chi connectivity index (χ0v) is 21.3. The maximum atomic E-state index is 13.3. The summed E-state index contributed by atoms with van der Waals surface area (Å²) in [6.45, 7) is 1.23. The molecule has 0 aliphatic carbocycles. The van der Waals surface area contributed by atoms with Gasteiger partial charge in [-0.05, 0) is 77.5 Å². The number of anilines is 1. The Morgan fingerprint density at radius 1 is 1.00 bits per heavy atom. The molecule has 0 spiro atoms. The molecule has 3 aromatic carbocycles. The van der Waals surface area contributed by atoms with Crippen molar-refractivity contribution in [1.82, 2.24) is 5.43 Å². The SMILES string of the molecule is C/C(=N/NC(=O)CN(c1cc(Cl)cc(Cl)c1)S(=O)(=O)c1ccccc1)c1ccc(I)cc1. The average Bonchev–Trinajstić information content (AvgIpc) is 2.76. The van der Waals surface area contributed by atoms with Crippen molar-refractivity contribution < 1.29 is 13.2 Å². The number of nitrogens with one attached hydrogen (secondary N) is 1. The minimum absolute atomic E-state index is 0.0301. The minimum Gasteiger partial charge on any atom is -0.271 e. The predicted molar refractivity (Wildman–Crippen MR) is 137 cm³/mol. The fraction of sp³-hybridized carbons (Fsp3) is 0.0909. The number of carbonyl (C=O) groups excluding carboxylic acids is 1. The number of sulfonamides is 1. The van der Waals surface area contributed by atoms with E-state index in [-0.39, 0.29) is 20.6 Å². The molecule has 0 saturated heterocycles. The molecule has 10 heteroatoms. The van der Waals surface area contributed by atoms with Crippen molar-refractivity contribution in [2.75, 3.05) is 10.8 Å². The molecule has 0 fully saturated rings. The Morgan fingerprint density at radius 2 is 1.59 bits per heavy atom. The fourth-order valence-electron chi connectivity index (χ4n) is 2.79. The van der Waals surface area contributed by atoms with Gasteiger partial charge in [0.05, 0.1) is 16.3 Å². The molecule has 1 N–H and O–H groups in total. The highest BCUT2D eigenvalue weighted by Gasteiger charge is 2.27. The number of nitrogens with zero attached hydrogens (tertiary/aromatic N) is 2. The Hall–Kier alpha value is -2.14. The first-order valence-corrected chi connectivity index (χ1v) is 12.6. The van der Waals surface area contributed by atoms with Crippen molar-refractivity contribution in [3.8, 4) is 0 Å². The second-order valence-electron chi connectivity index (χ2n) is 6.69. The number of hydrogen-bond acceptors (Lipinski definition) is 4. The molecular formula is C22H18Cl2IN3O3S. The molecule has 0 aliphatic heterocycles. The van der Waals surface area contributed by atoms with Gasteiger partial charge in [0.15, 0.2) is 0 Å². The quantitative estimate of drug-likeness (QED) is 0.226. The second kappa shape index (κ2) is 10.7. The Bertz CT molecular complexity index is 1230. The third-order valence-corrected chi connectivity index (χ3v) is 7.31. The van der Waals surface area contributed by atoms with Crippen LogP contribution in [0.3, 0.4) is 0 Å². The number of rotatable bonds is 7. The van der Waals surface area contributed by atoms with Gasteiger partial charge in [-0.2, -0.15) is 5.10 Å². The van der Waals surface area contributed by atoms with Crippen LogP contribution in [0.4, 0.5) is 5.69 Å². The highest BCUT2D eigenvalue weighted by molar-refractivity contribution is 14.1. The van der Waals surface area contributed by atoms with Crippen LogP contribution in [0.15, 0.2) is 82.8 Å². The van der Waals surface area contributed by atoms with Gasteiger partial charge in [-0.3, -0.25) is 9.10 Å². The Balaban J connectivity index is 1.89. The summed E-state index contributed by atoms with van der Waals surface area (Å²) in [5.74, 6) is -0.620. The van der Waals surface area contributed by atoms with Gasteiger partial charge in [-0.1, -0.05) is 53.5 Å². The minimum atomic E-state index is -4.07. The van der Waals surface area contributed by atoms with Crippen LogP contribution in [0.2, 0.25) is 10.0 Å². The van der Waals surface area contributed by atoms with E-state index in [9.17, 15) is 13.2 Å². The lowest BCUT2D eigenvalue weighted by atomic mass is 10.1. The summed E-state index contributed by atoms with van der Waals surface area (Å²) in [5.41, 5.74) is 4.01. The van der Waals surface area contributed by atoms with Gasteiger partial charge in [0.1, 0.15) is 6.54 Å². The Labute approximate surface area is 210 Å². The van der Waals surface area contributed by atoms with Crippen LogP contribution in [0.25, 0.3) is 0 Å². The Morgan fingerprint density at radius 3 is 2.19 bits per heavy atom. The summed E-state index contributed by atoms with van der Waals surface area (Å²) < 4.78 is 28.6. The predicted octanol–water partition coefficient (Wildman–Crippen LogP) is 5.33. The molecule has 6 nitrogen and oxygen atoms in total. The maximum Gasteiger partial charge on any atom is 0.264 e. The van der Waals surface area contributed by atoms with E-state index in [0.29, 0.717) is 5.71 Å². The third-order valence-electron chi connectivity index (χ3n) is 4.36. The molecule has 166 valence electrons. The standard InChI is InChI=1S/C22H18Cl2IN3O3S/c1-15(16-7-9-19(25)10-8-16)26-27-22(29)14-28(20-12-17(23)11-18(24)13-20)32(30,31)21-5-3-2-4-6-21/h2-13H,14H2,1H3,(H,27,29)/b26-15-. The number of halogens is 3. The molecule has 0 aliphatic rings. The molecule has 0 radical (unpaired) electrons. The van der Waals surface area contributed by atoms with Crippen LogP contribution in [0.5, 0.6) is 0 Å². The first kappa shape index (κ1) is 24.5. The molecule has 0 bridgehead atoms. The van der Waals surface area contributed by atoms with Crippen LogP contribution in [0, 0.1) is 3.57 Å². The van der Waals surface area contributed by atoms with E-state index in [4.69, 9.17) is 23.2 Å². The van der Waals surface area contributed by atoms with Gasteiger partial charge in [0.2, 0.25) is 0 Å². The van der Waals surface area contributed by atoms with Crippen LogP contribution < -0.4 is 9.73 Å². The normalized spacial score (nSPS) is 11.8. The number of benzene rings is 3. The molecule has 0 atom stereocenters. The second-order valence-corrected chi connectivity index (χ2v) is 10.7. The number of hydrogen-bond donors (Lipinski definition) is 1. The summed E-state index contributed by atoms with van der Waals surface area (Å²) in [7, 11) is -4.07. The van der Waals surface area contributed by atoms with E-state index in [1.165, 1.54) is 30.3 Å². The molecule has 0 saturated carbocycles. The highest BCUT2D eigenvalue weighted by atomic mass is 127. The first-order chi connectivity index (χ1) is 15.2. The van der Waals surface area contributed by atoms with Gasteiger partial charge >= 0.3 is 0 Å². The number of hydrazone groups is 1. The number of carbonyl (C=O) groups is 1. The van der Waals surface area contributed by atoms with Crippen LogP contribution in [-0.2, 0) is 14.8 Å². The summed E-state index contributed by atoms with van der Waals surface area (Å²) in [4.78, 5) is 12.7. The molecular weight excluding hydrogens is 584 g/mol. The molecule has 0 unspecified atom stereocenters. The zero-order valence-electron chi connectivity index (χ0n) is 16.8. The fourth-order valence-corrected chi connectivity index (χ4v) is 5.09.